The van der Waals surface area contributed by atoms with E-state index in [1.54, 1.807) is 0 Å². The fourth-order valence-electron chi connectivity index (χ4n) is 4.18. The second-order valence-electron chi connectivity index (χ2n) is 6.65. The first-order valence-corrected chi connectivity index (χ1v) is 8.15. The molecule has 4 heterocycles. The van der Waals surface area contributed by atoms with E-state index in [9.17, 15) is 5.11 Å². The molecule has 0 spiro atoms. The van der Waals surface area contributed by atoms with Gasteiger partial charge in [-0.1, -0.05) is 24.3 Å². The zero-order valence-electron chi connectivity index (χ0n) is 12.7. The van der Waals surface area contributed by atoms with E-state index in [1.165, 1.54) is 6.42 Å². The topological polar surface area (TPSA) is 36.4 Å². The number of aliphatic hydroxyl groups excluding tert-OH is 1. The van der Waals surface area contributed by atoms with Crippen LogP contribution in [0.4, 0.5) is 0 Å². The highest BCUT2D eigenvalue weighted by Crippen LogP contribution is 2.41. The Bertz CT molecular complexity index is 699. The Morgan fingerprint density at radius 1 is 1.36 bits per heavy atom. The van der Waals surface area contributed by atoms with Crippen molar-refractivity contribution in [2.45, 2.75) is 25.0 Å². The maximum absolute atomic E-state index is 10.9. The molecule has 0 aliphatic carbocycles. The fraction of sp³-hybridized carbons (Fsp3) is 0.421. The van der Waals surface area contributed by atoms with Crippen LogP contribution < -0.4 is 0 Å². The molecule has 3 fully saturated rings. The minimum atomic E-state index is -0.453. The molecule has 1 N–H and O–H groups in total. The molecular weight excluding hydrogens is 272 g/mol. The number of nitrogens with zero attached hydrogens (tertiary/aromatic N) is 2. The largest absolute Gasteiger partial charge is 0.387 e. The molecule has 3 aliphatic heterocycles. The Morgan fingerprint density at radius 2 is 2.23 bits per heavy atom. The van der Waals surface area contributed by atoms with Crippen molar-refractivity contribution >= 4 is 10.9 Å². The third-order valence-corrected chi connectivity index (χ3v) is 5.47. The first kappa shape index (κ1) is 13.9. The van der Waals surface area contributed by atoms with Crippen molar-refractivity contribution in [1.29, 1.82) is 0 Å². The quantitative estimate of drug-likeness (QED) is 0.883. The summed E-state index contributed by atoms with van der Waals surface area (Å²) in [6, 6.07) is 10.4. The van der Waals surface area contributed by atoms with Crippen LogP contribution in [0.1, 0.15) is 24.5 Å². The van der Waals surface area contributed by atoms with Crippen molar-refractivity contribution in [3.63, 3.8) is 0 Å². The minimum Gasteiger partial charge on any atom is -0.387 e. The van der Waals surface area contributed by atoms with Crippen LogP contribution in [0.25, 0.3) is 10.9 Å². The highest BCUT2D eigenvalue weighted by atomic mass is 16.3. The van der Waals surface area contributed by atoms with Gasteiger partial charge in [0.05, 0.1) is 11.6 Å². The Morgan fingerprint density at radius 3 is 3.00 bits per heavy atom. The molecule has 5 atom stereocenters. The van der Waals surface area contributed by atoms with Gasteiger partial charge >= 0.3 is 0 Å². The smallest absolute Gasteiger partial charge is 0.0960 e. The van der Waals surface area contributed by atoms with E-state index >= 15 is 0 Å². The van der Waals surface area contributed by atoms with Gasteiger partial charge in [-0.3, -0.25) is 9.88 Å². The maximum Gasteiger partial charge on any atom is 0.0960 e. The number of para-hydroxylation sites is 1. The summed E-state index contributed by atoms with van der Waals surface area (Å²) >= 11 is 0. The SMILES string of the molecule is C=C[C@H]1CN2CC[C@@H]1C[C@@H]2[C@H](O)c1cnc2ccccc2c1. The van der Waals surface area contributed by atoms with Crippen LogP contribution in [0.3, 0.4) is 0 Å². The highest BCUT2D eigenvalue weighted by molar-refractivity contribution is 5.78. The Hall–Kier alpha value is -1.71. The van der Waals surface area contributed by atoms with Crippen LogP contribution in [-0.4, -0.2) is 34.1 Å². The van der Waals surface area contributed by atoms with Gasteiger partial charge in [0.1, 0.15) is 0 Å². The van der Waals surface area contributed by atoms with Gasteiger partial charge in [0.25, 0.3) is 0 Å². The van der Waals surface area contributed by atoms with Gasteiger partial charge in [0.15, 0.2) is 0 Å². The number of hydrogen-bond acceptors (Lipinski definition) is 3. The summed E-state index contributed by atoms with van der Waals surface area (Å²) in [7, 11) is 0. The van der Waals surface area contributed by atoms with Gasteiger partial charge in [-0.25, -0.2) is 0 Å². The molecule has 5 rings (SSSR count). The van der Waals surface area contributed by atoms with E-state index < -0.39 is 6.10 Å². The van der Waals surface area contributed by atoms with Crippen molar-refractivity contribution in [3.8, 4) is 0 Å². The van der Waals surface area contributed by atoms with Crippen molar-refractivity contribution in [3.05, 3.63) is 54.7 Å². The highest BCUT2D eigenvalue weighted by Gasteiger charge is 2.42. The van der Waals surface area contributed by atoms with E-state index in [4.69, 9.17) is 0 Å². The normalized spacial score (nSPS) is 32.0. The zero-order chi connectivity index (χ0) is 15.1. The number of benzene rings is 1. The molecule has 3 heteroatoms. The first-order valence-electron chi connectivity index (χ1n) is 8.15. The van der Waals surface area contributed by atoms with Crippen LogP contribution >= 0.6 is 0 Å². The summed E-state index contributed by atoms with van der Waals surface area (Å²) < 4.78 is 0. The second-order valence-corrected chi connectivity index (χ2v) is 6.65. The molecule has 3 saturated heterocycles. The molecule has 3 aliphatic rings. The Labute approximate surface area is 131 Å². The molecule has 3 nitrogen and oxygen atoms in total. The lowest BCUT2D eigenvalue weighted by atomic mass is 9.74. The lowest BCUT2D eigenvalue weighted by Crippen LogP contribution is -2.54. The maximum atomic E-state index is 10.9. The van der Waals surface area contributed by atoms with Crippen LogP contribution in [0.5, 0.6) is 0 Å². The summed E-state index contributed by atoms with van der Waals surface area (Å²) in [5.41, 5.74) is 1.92. The molecule has 0 saturated carbocycles. The predicted molar refractivity (Wildman–Crippen MR) is 88.5 cm³/mol. The van der Waals surface area contributed by atoms with E-state index in [0.29, 0.717) is 11.8 Å². The number of pyridine rings is 1. The second kappa shape index (κ2) is 5.49. The first-order chi connectivity index (χ1) is 10.8. The number of aromatic nitrogens is 1. The van der Waals surface area contributed by atoms with Crippen LogP contribution in [-0.2, 0) is 0 Å². The minimum absolute atomic E-state index is 0.220. The average Bonchev–Trinajstić information content (AvgIpc) is 2.60. The third kappa shape index (κ3) is 2.25. The van der Waals surface area contributed by atoms with Gasteiger partial charge in [0, 0.05) is 29.7 Å². The predicted octanol–water partition coefficient (Wildman–Crippen LogP) is 3.16. The molecular formula is C19H22N2O. The molecule has 2 aromatic rings. The standard InChI is InChI=1S/C19H22N2O/c1-2-13-12-21-8-7-14(13)10-18(21)19(22)16-9-15-5-3-4-6-17(15)20-11-16/h2-6,9,11,13-14,18-19,22H,1,7-8,10,12H2/t13-,14+,18+,19+/m0/s1. The third-order valence-electron chi connectivity index (χ3n) is 5.47. The molecule has 1 aromatic heterocycles. The summed E-state index contributed by atoms with van der Waals surface area (Å²) in [5, 5.41) is 12.0. The number of aliphatic hydroxyl groups is 1. The van der Waals surface area contributed by atoms with E-state index in [1.807, 2.05) is 24.4 Å². The Kier molecular flexibility index (Phi) is 3.47. The van der Waals surface area contributed by atoms with E-state index in [0.717, 1.165) is 36.0 Å². The van der Waals surface area contributed by atoms with Gasteiger partial charge in [0.2, 0.25) is 0 Å². The number of piperidine rings is 3. The molecule has 0 radical (unpaired) electrons. The molecule has 2 bridgehead atoms. The molecule has 1 unspecified atom stereocenters. The van der Waals surface area contributed by atoms with Crippen LogP contribution in [0.15, 0.2) is 49.2 Å². The fourth-order valence-corrected chi connectivity index (χ4v) is 4.18. The monoisotopic (exact) mass is 294 g/mol. The van der Waals surface area contributed by atoms with Crippen molar-refractivity contribution in [2.75, 3.05) is 13.1 Å². The summed E-state index contributed by atoms with van der Waals surface area (Å²) in [4.78, 5) is 6.93. The average molecular weight is 294 g/mol. The Balaban J connectivity index is 1.61. The van der Waals surface area contributed by atoms with Crippen molar-refractivity contribution in [1.82, 2.24) is 9.88 Å². The molecule has 0 amide bonds. The van der Waals surface area contributed by atoms with E-state index in [2.05, 4.69) is 34.7 Å². The molecule has 1 aromatic carbocycles. The lowest BCUT2D eigenvalue weighted by Gasteiger charge is -2.50. The summed E-state index contributed by atoms with van der Waals surface area (Å²) in [6.45, 7) is 6.10. The van der Waals surface area contributed by atoms with Crippen molar-refractivity contribution in [2.24, 2.45) is 11.8 Å². The van der Waals surface area contributed by atoms with Crippen molar-refractivity contribution < 1.29 is 5.11 Å². The van der Waals surface area contributed by atoms with Gasteiger partial charge in [-0.2, -0.15) is 0 Å². The van der Waals surface area contributed by atoms with Gasteiger partial charge in [-0.05, 0) is 43.4 Å². The van der Waals surface area contributed by atoms with E-state index in [-0.39, 0.29) is 6.04 Å². The van der Waals surface area contributed by atoms with Gasteiger partial charge in [-0.15, -0.1) is 6.58 Å². The summed E-state index contributed by atoms with van der Waals surface area (Å²) in [6.07, 6.45) is 5.77. The number of rotatable bonds is 3. The van der Waals surface area contributed by atoms with Crippen LogP contribution in [0.2, 0.25) is 0 Å². The summed E-state index contributed by atoms with van der Waals surface area (Å²) in [5.74, 6) is 1.27. The van der Waals surface area contributed by atoms with Gasteiger partial charge < -0.3 is 5.11 Å². The number of hydrogen-bond donors (Lipinski definition) is 1. The molecule has 22 heavy (non-hydrogen) atoms. The lowest BCUT2D eigenvalue weighted by molar-refractivity contribution is -0.0449. The number of fused-ring (bicyclic) bond motifs is 4. The zero-order valence-corrected chi connectivity index (χ0v) is 12.7. The van der Waals surface area contributed by atoms with Crippen LogP contribution in [0, 0.1) is 11.8 Å². The molecule has 114 valence electrons.